The third-order valence-corrected chi connectivity index (χ3v) is 5.97. The number of ether oxygens (including phenoxy) is 2. The van der Waals surface area contributed by atoms with Crippen LogP contribution in [0.1, 0.15) is 38.8 Å². The molecule has 0 saturated heterocycles. The van der Waals surface area contributed by atoms with Crippen LogP contribution < -0.4 is 5.32 Å². The SMILES string of the molecule is COCCOC(=O)C1=C(C)N=C2SC=C(CC(=O)NC(C)C)N2C1c1ccccc1Cl. The monoisotopic (exact) mass is 463 g/mol. The van der Waals surface area contributed by atoms with Crippen LogP contribution in [0.5, 0.6) is 0 Å². The Balaban J connectivity index is 2.01. The minimum atomic E-state index is -0.552. The molecule has 2 aliphatic rings. The number of rotatable bonds is 8. The Hall–Kier alpha value is -2.29. The molecule has 7 nitrogen and oxygen atoms in total. The average Bonchev–Trinajstić information content (AvgIpc) is 3.08. The van der Waals surface area contributed by atoms with Crippen LogP contribution in [-0.2, 0) is 19.1 Å². The second kappa shape index (κ2) is 10.3. The van der Waals surface area contributed by atoms with Crippen molar-refractivity contribution in [3.63, 3.8) is 0 Å². The number of amidine groups is 1. The standard InChI is InChI=1S/C22H26ClN3O4S/c1-13(2)24-18(27)11-15-12-31-22-25-14(3)19(21(28)30-10-9-29-4)20(26(15)22)16-7-5-6-8-17(16)23/h5-8,12-13,20H,9-11H2,1-4H3,(H,24,27). The van der Waals surface area contributed by atoms with Crippen LogP contribution in [0.3, 0.4) is 0 Å². The van der Waals surface area contributed by atoms with Crippen molar-refractivity contribution in [1.29, 1.82) is 0 Å². The zero-order valence-electron chi connectivity index (χ0n) is 18.0. The number of carbonyl (C=O) groups is 2. The van der Waals surface area contributed by atoms with Crippen LogP contribution in [0.25, 0.3) is 0 Å². The molecule has 166 valence electrons. The predicted molar refractivity (Wildman–Crippen MR) is 123 cm³/mol. The number of halogens is 1. The Morgan fingerprint density at radius 3 is 2.71 bits per heavy atom. The zero-order valence-corrected chi connectivity index (χ0v) is 19.5. The van der Waals surface area contributed by atoms with Gasteiger partial charge in [-0.2, -0.15) is 0 Å². The van der Waals surface area contributed by atoms with Gasteiger partial charge in [-0.3, -0.25) is 4.79 Å². The topological polar surface area (TPSA) is 80.2 Å². The fourth-order valence-electron chi connectivity index (χ4n) is 3.45. The summed E-state index contributed by atoms with van der Waals surface area (Å²) in [6.07, 6.45) is 0.163. The van der Waals surface area contributed by atoms with Crippen LogP contribution in [-0.4, -0.2) is 48.3 Å². The molecule has 3 rings (SSSR count). The first-order chi connectivity index (χ1) is 14.8. The molecule has 9 heteroatoms. The van der Waals surface area contributed by atoms with Gasteiger partial charge in [-0.05, 0) is 37.8 Å². The Morgan fingerprint density at radius 1 is 1.29 bits per heavy atom. The molecular weight excluding hydrogens is 438 g/mol. The van der Waals surface area contributed by atoms with E-state index >= 15 is 0 Å². The molecule has 1 amide bonds. The fourth-order valence-corrected chi connectivity index (χ4v) is 4.66. The van der Waals surface area contributed by atoms with Crippen LogP contribution in [0.15, 0.2) is 51.6 Å². The molecule has 1 atom stereocenters. The number of hydrogen-bond acceptors (Lipinski definition) is 7. The van der Waals surface area contributed by atoms with Crippen LogP contribution in [0.4, 0.5) is 0 Å². The third-order valence-electron chi connectivity index (χ3n) is 4.73. The van der Waals surface area contributed by atoms with Gasteiger partial charge >= 0.3 is 5.97 Å². The number of methoxy groups -OCH3 is 1. The molecule has 0 bridgehead atoms. The van der Waals surface area contributed by atoms with Crippen molar-refractivity contribution in [2.24, 2.45) is 4.99 Å². The number of benzene rings is 1. The number of amides is 1. The van der Waals surface area contributed by atoms with Crippen LogP contribution in [0.2, 0.25) is 5.02 Å². The van der Waals surface area contributed by atoms with Crippen molar-refractivity contribution < 1.29 is 19.1 Å². The van der Waals surface area contributed by atoms with Crippen molar-refractivity contribution in [2.45, 2.75) is 39.3 Å². The number of thioether (sulfide) groups is 1. The lowest BCUT2D eigenvalue weighted by molar-refractivity contribution is -0.141. The second-order valence-corrected chi connectivity index (χ2v) is 8.69. The number of carbonyl (C=O) groups excluding carboxylic acids is 2. The van der Waals surface area contributed by atoms with Crippen molar-refractivity contribution in [3.05, 3.63) is 57.2 Å². The van der Waals surface area contributed by atoms with E-state index < -0.39 is 12.0 Å². The highest BCUT2D eigenvalue weighted by Gasteiger charge is 2.41. The van der Waals surface area contributed by atoms with Gasteiger partial charge in [-0.25, -0.2) is 9.79 Å². The Bertz CT molecular complexity index is 958. The molecule has 1 N–H and O–H groups in total. The van der Waals surface area contributed by atoms with Crippen LogP contribution in [0, 0.1) is 0 Å². The normalized spacial score (nSPS) is 18.0. The van der Waals surface area contributed by atoms with Gasteiger partial charge in [0, 0.05) is 23.9 Å². The zero-order chi connectivity index (χ0) is 22.5. The number of nitrogens with zero attached hydrogens (tertiary/aromatic N) is 2. The largest absolute Gasteiger partial charge is 0.460 e. The van der Waals surface area contributed by atoms with Gasteiger partial charge in [-0.15, -0.1) is 0 Å². The van der Waals surface area contributed by atoms with Crippen molar-refractivity contribution >= 4 is 40.4 Å². The quantitative estimate of drug-likeness (QED) is 0.463. The molecule has 0 aliphatic carbocycles. The number of aliphatic imine (C=N–C) groups is 1. The van der Waals surface area contributed by atoms with Gasteiger partial charge in [-0.1, -0.05) is 41.6 Å². The Morgan fingerprint density at radius 2 is 2.03 bits per heavy atom. The summed E-state index contributed by atoms with van der Waals surface area (Å²) in [6.45, 7) is 6.03. The van der Waals surface area contributed by atoms with E-state index in [4.69, 9.17) is 21.1 Å². The molecular formula is C22H26ClN3O4S. The number of allylic oxidation sites excluding steroid dienone is 1. The minimum Gasteiger partial charge on any atom is -0.460 e. The van der Waals surface area contributed by atoms with E-state index in [0.29, 0.717) is 28.1 Å². The van der Waals surface area contributed by atoms with Crippen molar-refractivity contribution in [3.8, 4) is 0 Å². The van der Waals surface area contributed by atoms with Gasteiger partial charge in [0.2, 0.25) is 5.91 Å². The number of nitrogens with one attached hydrogen (secondary N) is 1. The van der Waals surface area contributed by atoms with Crippen molar-refractivity contribution in [2.75, 3.05) is 20.3 Å². The summed E-state index contributed by atoms with van der Waals surface area (Å²) in [7, 11) is 1.54. The van der Waals surface area contributed by atoms with Crippen LogP contribution >= 0.6 is 23.4 Å². The molecule has 0 spiro atoms. The molecule has 1 aromatic carbocycles. The Labute approximate surface area is 191 Å². The lowest BCUT2D eigenvalue weighted by Gasteiger charge is -2.36. The van der Waals surface area contributed by atoms with Gasteiger partial charge in [0.05, 0.1) is 30.3 Å². The molecule has 2 aliphatic heterocycles. The molecule has 0 aromatic heterocycles. The summed E-state index contributed by atoms with van der Waals surface area (Å²) in [5.41, 5.74) is 2.45. The van der Waals surface area contributed by atoms with Gasteiger partial charge < -0.3 is 19.7 Å². The molecule has 31 heavy (non-hydrogen) atoms. The first-order valence-corrected chi connectivity index (χ1v) is 11.2. The highest BCUT2D eigenvalue weighted by Crippen LogP contribution is 2.46. The molecule has 1 unspecified atom stereocenters. The summed E-state index contributed by atoms with van der Waals surface area (Å²) in [6, 6.07) is 6.84. The summed E-state index contributed by atoms with van der Waals surface area (Å²) in [5.74, 6) is -0.582. The van der Waals surface area contributed by atoms with E-state index in [1.807, 2.05) is 42.4 Å². The lowest BCUT2D eigenvalue weighted by atomic mass is 9.93. The number of esters is 1. The van der Waals surface area contributed by atoms with E-state index in [1.54, 1.807) is 20.1 Å². The van der Waals surface area contributed by atoms with Gasteiger partial charge in [0.15, 0.2) is 5.17 Å². The predicted octanol–water partition coefficient (Wildman–Crippen LogP) is 4.02. The Kier molecular flexibility index (Phi) is 7.80. The average molecular weight is 464 g/mol. The molecule has 1 aromatic rings. The maximum atomic E-state index is 13.1. The maximum absolute atomic E-state index is 13.1. The molecule has 0 radical (unpaired) electrons. The third kappa shape index (κ3) is 5.31. The van der Waals surface area contributed by atoms with E-state index in [9.17, 15) is 9.59 Å². The van der Waals surface area contributed by atoms with E-state index in [2.05, 4.69) is 10.3 Å². The lowest BCUT2D eigenvalue weighted by Crippen LogP contribution is -2.39. The molecule has 2 heterocycles. The second-order valence-electron chi connectivity index (χ2n) is 7.44. The van der Waals surface area contributed by atoms with E-state index in [-0.39, 0.29) is 25.0 Å². The summed E-state index contributed by atoms with van der Waals surface area (Å²) in [4.78, 5) is 32.1. The maximum Gasteiger partial charge on any atom is 0.338 e. The summed E-state index contributed by atoms with van der Waals surface area (Å²) < 4.78 is 10.4. The van der Waals surface area contributed by atoms with Gasteiger partial charge in [0.1, 0.15) is 6.61 Å². The first kappa shape index (κ1) is 23.4. The summed E-state index contributed by atoms with van der Waals surface area (Å²) in [5, 5.41) is 6.02. The fraction of sp³-hybridized carbons (Fsp3) is 0.409. The minimum absolute atomic E-state index is 0.0319. The highest BCUT2D eigenvalue weighted by atomic mass is 35.5. The van der Waals surface area contributed by atoms with Gasteiger partial charge in [0.25, 0.3) is 0 Å². The van der Waals surface area contributed by atoms with E-state index in [1.165, 1.54) is 11.8 Å². The summed E-state index contributed by atoms with van der Waals surface area (Å²) >= 11 is 7.97. The van der Waals surface area contributed by atoms with Crippen molar-refractivity contribution in [1.82, 2.24) is 10.2 Å². The number of fused-ring (bicyclic) bond motifs is 1. The van der Waals surface area contributed by atoms with E-state index in [0.717, 1.165) is 11.3 Å². The first-order valence-electron chi connectivity index (χ1n) is 9.97. The molecule has 0 fully saturated rings. The molecule has 0 saturated carbocycles. The smallest absolute Gasteiger partial charge is 0.338 e. The highest BCUT2D eigenvalue weighted by molar-refractivity contribution is 8.16. The number of hydrogen-bond donors (Lipinski definition) is 1.